The van der Waals surface area contributed by atoms with Crippen molar-refractivity contribution in [3.05, 3.63) is 47.8 Å². The topological polar surface area (TPSA) is 17.1 Å². The lowest BCUT2D eigenvalue weighted by atomic mass is 9.96. The van der Waals surface area contributed by atoms with E-state index >= 15 is 0 Å². The Balaban J connectivity index is 2.71. The number of fused-ring (bicyclic) bond motifs is 1. The maximum Gasteiger partial charge on any atom is 0.127 e. The monoisotopic (exact) mass is 202 g/mol. The van der Waals surface area contributed by atoms with Gasteiger partial charge in [-0.3, -0.25) is 0 Å². The number of benzene rings is 2. The first-order valence-electron chi connectivity index (χ1n) is 4.86. The molecule has 0 aromatic heterocycles. The van der Waals surface area contributed by atoms with E-state index in [-0.39, 0.29) is 11.7 Å². The van der Waals surface area contributed by atoms with Crippen molar-refractivity contribution in [3.8, 4) is 0 Å². The van der Waals surface area contributed by atoms with Crippen LogP contribution >= 0.6 is 0 Å². The number of hydrogen-bond donors (Lipinski definition) is 0. The summed E-state index contributed by atoms with van der Waals surface area (Å²) >= 11 is 0. The summed E-state index contributed by atoms with van der Waals surface area (Å²) in [5, 5.41) is 1.78. The van der Waals surface area contributed by atoms with Crippen molar-refractivity contribution >= 4 is 17.1 Å². The Morgan fingerprint density at radius 2 is 2.07 bits per heavy atom. The standard InChI is InChI=1S/C13H11FO/c1-9(8-15)12-4-2-3-10-7-11(14)5-6-13(10)12/h2-9H,1H3. The van der Waals surface area contributed by atoms with Gasteiger partial charge in [0.2, 0.25) is 0 Å². The Morgan fingerprint density at radius 1 is 1.27 bits per heavy atom. The van der Waals surface area contributed by atoms with Gasteiger partial charge < -0.3 is 4.79 Å². The van der Waals surface area contributed by atoms with Crippen LogP contribution in [-0.2, 0) is 4.79 Å². The molecule has 0 amide bonds. The molecule has 0 radical (unpaired) electrons. The van der Waals surface area contributed by atoms with Crippen molar-refractivity contribution in [3.63, 3.8) is 0 Å². The van der Waals surface area contributed by atoms with Crippen LogP contribution in [0.1, 0.15) is 18.4 Å². The third kappa shape index (κ3) is 1.75. The molecule has 15 heavy (non-hydrogen) atoms. The Labute approximate surface area is 87.5 Å². The van der Waals surface area contributed by atoms with E-state index < -0.39 is 0 Å². The van der Waals surface area contributed by atoms with E-state index in [1.165, 1.54) is 12.1 Å². The van der Waals surface area contributed by atoms with E-state index in [9.17, 15) is 9.18 Å². The van der Waals surface area contributed by atoms with Crippen LogP contribution in [0.15, 0.2) is 36.4 Å². The lowest BCUT2D eigenvalue weighted by Gasteiger charge is -2.08. The molecular weight excluding hydrogens is 191 g/mol. The lowest BCUT2D eigenvalue weighted by molar-refractivity contribution is -0.108. The van der Waals surface area contributed by atoms with Crippen molar-refractivity contribution in [2.75, 3.05) is 0 Å². The predicted octanol–water partition coefficient (Wildman–Crippen LogP) is 3.28. The van der Waals surface area contributed by atoms with Crippen molar-refractivity contribution in [2.24, 2.45) is 0 Å². The van der Waals surface area contributed by atoms with Gasteiger partial charge >= 0.3 is 0 Å². The molecule has 0 aliphatic heterocycles. The van der Waals surface area contributed by atoms with Gasteiger partial charge in [-0.25, -0.2) is 4.39 Å². The minimum absolute atomic E-state index is 0.154. The SMILES string of the molecule is CC(C=O)c1cccc2cc(F)ccc12. The van der Waals surface area contributed by atoms with Gasteiger partial charge in [0.15, 0.2) is 0 Å². The maximum absolute atomic E-state index is 13.0. The van der Waals surface area contributed by atoms with Gasteiger partial charge in [-0.2, -0.15) is 0 Å². The van der Waals surface area contributed by atoms with Crippen molar-refractivity contribution in [1.82, 2.24) is 0 Å². The molecule has 0 heterocycles. The third-order valence-corrected chi connectivity index (χ3v) is 2.57. The largest absolute Gasteiger partial charge is 0.303 e. The summed E-state index contributed by atoms with van der Waals surface area (Å²) in [6.45, 7) is 1.84. The van der Waals surface area contributed by atoms with Crippen molar-refractivity contribution in [1.29, 1.82) is 0 Å². The third-order valence-electron chi connectivity index (χ3n) is 2.57. The second kappa shape index (κ2) is 3.81. The van der Waals surface area contributed by atoms with E-state index in [2.05, 4.69) is 0 Å². The highest BCUT2D eigenvalue weighted by molar-refractivity contribution is 5.88. The highest BCUT2D eigenvalue weighted by atomic mass is 19.1. The average Bonchev–Trinajstić information content (AvgIpc) is 2.26. The lowest BCUT2D eigenvalue weighted by Crippen LogP contribution is -1.95. The first-order chi connectivity index (χ1) is 7.22. The van der Waals surface area contributed by atoms with Crippen LogP contribution in [0.4, 0.5) is 4.39 Å². The number of halogens is 1. The molecular formula is C13H11FO. The molecule has 0 saturated carbocycles. The molecule has 1 atom stereocenters. The van der Waals surface area contributed by atoms with Gasteiger partial charge in [0, 0.05) is 5.92 Å². The van der Waals surface area contributed by atoms with E-state index in [0.717, 1.165) is 22.6 Å². The van der Waals surface area contributed by atoms with E-state index in [1.807, 2.05) is 25.1 Å². The molecule has 0 N–H and O–H groups in total. The number of carbonyl (C=O) groups excluding carboxylic acids is 1. The van der Waals surface area contributed by atoms with Crippen LogP contribution in [0.25, 0.3) is 10.8 Å². The summed E-state index contributed by atoms with van der Waals surface area (Å²) in [7, 11) is 0. The van der Waals surface area contributed by atoms with E-state index in [1.54, 1.807) is 6.07 Å². The molecule has 0 aliphatic rings. The number of aldehydes is 1. The first-order valence-corrected chi connectivity index (χ1v) is 4.86. The Hall–Kier alpha value is -1.70. The molecule has 2 rings (SSSR count). The van der Waals surface area contributed by atoms with Crippen molar-refractivity contribution < 1.29 is 9.18 Å². The summed E-state index contributed by atoms with van der Waals surface area (Å²) in [5.41, 5.74) is 0.947. The van der Waals surface area contributed by atoms with Crippen LogP contribution in [0.5, 0.6) is 0 Å². The summed E-state index contributed by atoms with van der Waals surface area (Å²) < 4.78 is 13.0. The highest BCUT2D eigenvalue weighted by Crippen LogP contribution is 2.24. The van der Waals surface area contributed by atoms with Gasteiger partial charge in [-0.15, -0.1) is 0 Å². The van der Waals surface area contributed by atoms with Crippen LogP contribution in [0, 0.1) is 5.82 Å². The minimum atomic E-state index is -0.251. The molecule has 0 aliphatic carbocycles. The van der Waals surface area contributed by atoms with Gasteiger partial charge in [-0.05, 0) is 28.5 Å². The fourth-order valence-electron chi connectivity index (χ4n) is 1.75. The van der Waals surface area contributed by atoms with Gasteiger partial charge in [-0.1, -0.05) is 31.2 Å². The zero-order valence-electron chi connectivity index (χ0n) is 8.41. The Kier molecular flexibility index (Phi) is 2.50. The molecule has 0 spiro atoms. The molecule has 0 fully saturated rings. The minimum Gasteiger partial charge on any atom is -0.303 e. The van der Waals surface area contributed by atoms with Crippen molar-refractivity contribution in [2.45, 2.75) is 12.8 Å². The fourth-order valence-corrected chi connectivity index (χ4v) is 1.75. The van der Waals surface area contributed by atoms with Crippen LogP contribution < -0.4 is 0 Å². The fraction of sp³-hybridized carbons (Fsp3) is 0.154. The summed E-state index contributed by atoms with van der Waals surface area (Å²) in [4.78, 5) is 10.7. The van der Waals surface area contributed by atoms with Gasteiger partial charge in [0.1, 0.15) is 12.1 Å². The van der Waals surface area contributed by atoms with Gasteiger partial charge in [0.25, 0.3) is 0 Å². The number of hydrogen-bond acceptors (Lipinski definition) is 1. The number of carbonyl (C=O) groups is 1. The summed E-state index contributed by atoms with van der Waals surface area (Å²) in [5.74, 6) is -0.405. The summed E-state index contributed by atoms with van der Waals surface area (Å²) in [6, 6.07) is 10.2. The maximum atomic E-state index is 13.0. The summed E-state index contributed by atoms with van der Waals surface area (Å²) in [6.07, 6.45) is 0.901. The molecule has 0 bridgehead atoms. The second-order valence-electron chi connectivity index (χ2n) is 3.64. The smallest absolute Gasteiger partial charge is 0.127 e. The predicted molar refractivity (Wildman–Crippen MR) is 58.4 cm³/mol. The molecule has 2 aromatic carbocycles. The van der Waals surface area contributed by atoms with E-state index in [4.69, 9.17) is 0 Å². The normalized spacial score (nSPS) is 12.7. The molecule has 1 unspecified atom stereocenters. The molecule has 0 saturated heterocycles. The highest BCUT2D eigenvalue weighted by Gasteiger charge is 2.08. The number of rotatable bonds is 2. The zero-order valence-corrected chi connectivity index (χ0v) is 8.41. The zero-order chi connectivity index (χ0) is 10.8. The van der Waals surface area contributed by atoms with Crippen LogP contribution in [-0.4, -0.2) is 6.29 Å². The average molecular weight is 202 g/mol. The Morgan fingerprint density at radius 3 is 2.80 bits per heavy atom. The Bertz CT molecular complexity index is 505. The first kappa shape index (κ1) is 9.84. The molecule has 2 aromatic rings. The molecule has 2 heteroatoms. The van der Waals surface area contributed by atoms with Gasteiger partial charge in [0.05, 0.1) is 0 Å². The van der Waals surface area contributed by atoms with E-state index in [0.29, 0.717) is 0 Å². The quantitative estimate of drug-likeness (QED) is 0.683. The second-order valence-corrected chi connectivity index (χ2v) is 3.64. The van der Waals surface area contributed by atoms with Crippen LogP contribution in [0.2, 0.25) is 0 Å². The molecule has 76 valence electrons. The molecule has 1 nitrogen and oxygen atoms in total. The van der Waals surface area contributed by atoms with Crippen LogP contribution in [0.3, 0.4) is 0 Å².